The molecule has 0 aliphatic carbocycles. The summed E-state index contributed by atoms with van der Waals surface area (Å²) in [7, 11) is -2.41. The zero-order valence-electron chi connectivity index (χ0n) is 11.8. The van der Waals surface area contributed by atoms with E-state index in [1.807, 2.05) is 13.8 Å². The second kappa shape index (κ2) is 6.33. The predicted molar refractivity (Wildman–Crippen MR) is 82.1 cm³/mol. The molecule has 0 spiro atoms. The minimum atomic E-state index is -3.67. The van der Waals surface area contributed by atoms with Crippen molar-refractivity contribution >= 4 is 43.3 Å². The molecular weight excluding hydrogens is 382 g/mol. The van der Waals surface area contributed by atoms with Crippen LogP contribution in [0.5, 0.6) is 0 Å². The van der Waals surface area contributed by atoms with Crippen molar-refractivity contribution in [3.63, 3.8) is 0 Å². The predicted octanol–water partition coefficient (Wildman–Crippen LogP) is 2.10. The van der Waals surface area contributed by atoms with Crippen molar-refractivity contribution in [2.24, 2.45) is 0 Å². The summed E-state index contributed by atoms with van der Waals surface area (Å²) < 4.78 is 37.4. The Bertz CT molecular complexity index is 632. The fraction of sp³-hybridized carbons (Fsp3) is 0.583. The molecule has 118 valence electrons. The lowest BCUT2D eigenvalue weighted by atomic mass is 10.3. The van der Waals surface area contributed by atoms with Crippen LogP contribution in [-0.2, 0) is 19.5 Å². The monoisotopic (exact) mass is 397 g/mol. The number of morpholine rings is 1. The second-order valence-corrected chi connectivity index (χ2v) is 9.10. The first-order valence-electron chi connectivity index (χ1n) is 6.29. The Morgan fingerprint density at radius 1 is 1.43 bits per heavy atom. The quantitative estimate of drug-likeness (QED) is 0.730. The van der Waals surface area contributed by atoms with Crippen molar-refractivity contribution in [2.45, 2.75) is 31.0 Å². The van der Waals surface area contributed by atoms with E-state index in [1.165, 1.54) is 17.5 Å². The molecule has 1 fully saturated rings. The topological polar surface area (TPSA) is 72.9 Å². The van der Waals surface area contributed by atoms with Crippen molar-refractivity contribution in [2.75, 3.05) is 20.2 Å². The number of rotatable bonds is 3. The van der Waals surface area contributed by atoms with Gasteiger partial charge in [0.05, 0.1) is 23.1 Å². The molecule has 0 unspecified atom stereocenters. The zero-order valence-corrected chi connectivity index (χ0v) is 15.0. The van der Waals surface area contributed by atoms with Gasteiger partial charge in [-0.2, -0.15) is 4.31 Å². The minimum Gasteiger partial charge on any atom is -0.465 e. The van der Waals surface area contributed by atoms with Crippen LogP contribution in [0, 0.1) is 0 Å². The Balaban J connectivity index is 2.35. The lowest BCUT2D eigenvalue weighted by Crippen LogP contribution is -2.48. The smallest absolute Gasteiger partial charge is 0.348 e. The summed E-state index contributed by atoms with van der Waals surface area (Å²) >= 11 is 4.27. The summed E-state index contributed by atoms with van der Waals surface area (Å²) in [6.45, 7) is 4.26. The van der Waals surface area contributed by atoms with Crippen molar-refractivity contribution < 1.29 is 22.7 Å². The number of carbonyl (C=O) groups is 1. The molecule has 1 aliphatic heterocycles. The number of hydrogen-bond donors (Lipinski definition) is 0. The molecule has 0 bridgehead atoms. The van der Waals surface area contributed by atoms with E-state index in [0.29, 0.717) is 16.9 Å². The Morgan fingerprint density at radius 2 is 2.00 bits per heavy atom. The average molecular weight is 398 g/mol. The first kappa shape index (κ1) is 16.9. The third-order valence-electron chi connectivity index (χ3n) is 3.05. The minimum absolute atomic E-state index is 0.0919. The maximum Gasteiger partial charge on any atom is 0.348 e. The molecule has 0 N–H and O–H groups in total. The van der Waals surface area contributed by atoms with Crippen LogP contribution in [0.1, 0.15) is 23.5 Å². The van der Waals surface area contributed by atoms with Crippen LogP contribution in [0.2, 0.25) is 0 Å². The first-order valence-corrected chi connectivity index (χ1v) is 9.34. The van der Waals surface area contributed by atoms with Gasteiger partial charge in [-0.05, 0) is 35.8 Å². The van der Waals surface area contributed by atoms with E-state index in [-0.39, 0.29) is 22.0 Å². The van der Waals surface area contributed by atoms with Gasteiger partial charge in [0.15, 0.2) is 0 Å². The molecule has 1 saturated heterocycles. The highest BCUT2D eigenvalue weighted by atomic mass is 79.9. The van der Waals surface area contributed by atoms with Gasteiger partial charge in [0, 0.05) is 13.1 Å². The standard InChI is InChI=1S/C12H16BrNO5S2/c1-7-5-14(6-8(2)19-7)21(16,17)10-4-9(12(15)18-3)20-11(10)13/h4,7-8H,5-6H2,1-3H3/t7-,8+. The summed E-state index contributed by atoms with van der Waals surface area (Å²) in [6, 6.07) is 1.35. The number of methoxy groups -OCH3 is 1. The van der Waals surface area contributed by atoms with E-state index in [2.05, 4.69) is 20.7 Å². The van der Waals surface area contributed by atoms with Crippen LogP contribution < -0.4 is 0 Å². The third kappa shape index (κ3) is 3.48. The van der Waals surface area contributed by atoms with Crippen LogP contribution in [-0.4, -0.2) is 51.1 Å². The molecule has 0 radical (unpaired) electrons. The fourth-order valence-corrected chi connectivity index (χ4v) is 6.22. The molecule has 2 atom stereocenters. The largest absolute Gasteiger partial charge is 0.465 e. The van der Waals surface area contributed by atoms with Gasteiger partial charge in [0.2, 0.25) is 10.0 Å². The molecule has 6 nitrogen and oxygen atoms in total. The van der Waals surface area contributed by atoms with Crippen molar-refractivity contribution in [1.29, 1.82) is 0 Å². The molecule has 2 heterocycles. The Morgan fingerprint density at radius 3 is 2.52 bits per heavy atom. The summed E-state index contributed by atoms with van der Waals surface area (Å²) in [6.07, 6.45) is -0.331. The molecule has 21 heavy (non-hydrogen) atoms. The number of hydrogen-bond acceptors (Lipinski definition) is 6. The maximum atomic E-state index is 12.7. The van der Waals surface area contributed by atoms with Crippen LogP contribution in [0.4, 0.5) is 0 Å². The van der Waals surface area contributed by atoms with E-state index in [9.17, 15) is 13.2 Å². The Kier molecular flexibility index (Phi) is 5.09. The number of sulfonamides is 1. The highest BCUT2D eigenvalue weighted by Crippen LogP contribution is 2.34. The van der Waals surface area contributed by atoms with Crippen LogP contribution >= 0.6 is 27.3 Å². The normalized spacial score (nSPS) is 24.0. The van der Waals surface area contributed by atoms with Gasteiger partial charge in [0.25, 0.3) is 0 Å². The van der Waals surface area contributed by atoms with Gasteiger partial charge >= 0.3 is 5.97 Å². The second-order valence-electron chi connectivity index (χ2n) is 4.82. The van der Waals surface area contributed by atoms with E-state index in [1.54, 1.807) is 0 Å². The van der Waals surface area contributed by atoms with Crippen LogP contribution in [0.3, 0.4) is 0 Å². The lowest BCUT2D eigenvalue weighted by molar-refractivity contribution is -0.0440. The highest BCUT2D eigenvalue weighted by molar-refractivity contribution is 9.11. The van der Waals surface area contributed by atoms with Crippen LogP contribution in [0.25, 0.3) is 0 Å². The summed E-state index contributed by atoms with van der Waals surface area (Å²) in [5.74, 6) is -0.550. The lowest BCUT2D eigenvalue weighted by Gasteiger charge is -2.34. The van der Waals surface area contributed by atoms with E-state index in [4.69, 9.17) is 4.74 Å². The van der Waals surface area contributed by atoms with Crippen LogP contribution in [0.15, 0.2) is 14.7 Å². The SMILES string of the molecule is COC(=O)c1cc(S(=O)(=O)N2C[C@@H](C)O[C@@H](C)C2)c(Br)s1. The molecule has 1 aromatic rings. The Hall–Kier alpha value is -0.480. The molecule has 9 heteroatoms. The zero-order chi connectivity index (χ0) is 15.8. The number of carbonyl (C=O) groups excluding carboxylic acids is 1. The molecule has 0 aromatic carbocycles. The van der Waals surface area contributed by atoms with E-state index >= 15 is 0 Å². The van der Waals surface area contributed by atoms with Crippen molar-refractivity contribution in [3.05, 3.63) is 14.7 Å². The molecule has 0 amide bonds. The first-order chi connectivity index (χ1) is 9.75. The van der Waals surface area contributed by atoms with E-state index < -0.39 is 16.0 Å². The molecular formula is C12H16BrNO5S2. The number of esters is 1. The number of ether oxygens (including phenoxy) is 2. The number of thiophene rings is 1. The molecule has 0 saturated carbocycles. The number of nitrogens with zero attached hydrogens (tertiary/aromatic N) is 1. The highest BCUT2D eigenvalue weighted by Gasteiger charge is 2.34. The van der Waals surface area contributed by atoms with Gasteiger partial charge in [-0.1, -0.05) is 0 Å². The number of halogens is 1. The summed E-state index contributed by atoms with van der Waals surface area (Å²) in [5.41, 5.74) is 0. The average Bonchev–Trinajstić information content (AvgIpc) is 2.79. The van der Waals surface area contributed by atoms with Gasteiger partial charge in [-0.25, -0.2) is 13.2 Å². The molecule has 1 aliphatic rings. The van der Waals surface area contributed by atoms with Crippen molar-refractivity contribution in [1.82, 2.24) is 4.31 Å². The summed E-state index contributed by atoms with van der Waals surface area (Å²) in [4.78, 5) is 11.9. The summed E-state index contributed by atoms with van der Waals surface area (Å²) in [5, 5.41) is 0. The third-order valence-corrected chi connectivity index (χ3v) is 7.11. The van der Waals surface area contributed by atoms with Gasteiger partial charge in [0.1, 0.15) is 9.77 Å². The van der Waals surface area contributed by atoms with Gasteiger partial charge < -0.3 is 9.47 Å². The molecule has 2 rings (SSSR count). The van der Waals surface area contributed by atoms with Gasteiger partial charge in [-0.15, -0.1) is 11.3 Å². The van der Waals surface area contributed by atoms with Crippen molar-refractivity contribution in [3.8, 4) is 0 Å². The molecule has 1 aromatic heterocycles. The van der Waals surface area contributed by atoms with E-state index in [0.717, 1.165) is 11.3 Å². The van der Waals surface area contributed by atoms with Gasteiger partial charge in [-0.3, -0.25) is 0 Å². The maximum absolute atomic E-state index is 12.7. The fourth-order valence-electron chi connectivity index (χ4n) is 2.20. The Labute approximate surface area is 136 Å².